The Labute approximate surface area is 108 Å². The molecular weight excluding hydrogens is 228 g/mol. The van der Waals surface area contributed by atoms with E-state index in [-0.39, 0.29) is 11.8 Å². The minimum atomic E-state index is -0.0927. The molecule has 1 aliphatic carbocycles. The summed E-state index contributed by atoms with van der Waals surface area (Å²) in [4.78, 5) is 22.6. The van der Waals surface area contributed by atoms with Crippen LogP contribution in [0.25, 0.3) is 0 Å². The highest BCUT2D eigenvalue weighted by molar-refractivity contribution is 5.93. The summed E-state index contributed by atoms with van der Waals surface area (Å²) in [6, 6.07) is 2.13. The smallest absolute Gasteiger partial charge is 0.270 e. The van der Waals surface area contributed by atoms with Crippen LogP contribution in [-0.2, 0) is 0 Å². The fraction of sp³-hybridized carbons (Fsp3) is 0.615. The number of hydrogen-bond donors (Lipinski definition) is 1. The van der Waals surface area contributed by atoms with Crippen LogP contribution in [0, 0.1) is 0 Å². The van der Waals surface area contributed by atoms with Crippen LogP contribution in [0.1, 0.15) is 48.8 Å². The molecule has 0 unspecified atom stereocenters. The molecule has 18 heavy (non-hydrogen) atoms. The van der Waals surface area contributed by atoms with Crippen molar-refractivity contribution >= 4 is 11.9 Å². The number of hydrogen-bond acceptors (Lipinski definition) is 4. The molecular formula is C13H20N4O. The van der Waals surface area contributed by atoms with Gasteiger partial charge in [0.15, 0.2) is 0 Å². The second kappa shape index (κ2) is 4.92. The number of carbonyl (C=O) groups excluding carboxylic acids is 1. The molecule has 5 heteroatoms. The number of rotatable bonds is 4. The Morgan fingerprint density at radius 3 is 2.56 bits per heavy atom. The van der Waals surface area contributed by atoms with Gasteiger partial charge in [-0.2, -0.15) is 0 Å². The van der Waals surface area contributed by atoms with Crippen molar-refractivity contribution in [2.45, 2.75) is 38.6 Å². The first kappa shape index (κ1) is 12.8. The van der Waals surface area contributed by atoms with Gasteiger partial charge in [-0.1, -0.05) is 13.8 Å². The second-order valence-corrected chi connectivity index (χ2v) is 5.27. The van der Waals surface area contributed by atoms with E-state index in [0.717, 1.165) is 18.5 Å². The molecule has 1 heterocycles. The lowest BCUT2D eigenvalue weighted by Gasteiger charge is -2.14. The van der Waals surface area contributed by atoms with Gasteiger partial charge in [0, 0.05) is 25.8 Å². The van der Waals surface area contributed by atoms with Crippen molar-refractivity contribution in [3.63, 3.8) is 0 Å². The van der Waals surface area contributed by atoms with E-state index in [4.69, 9.17) is 0 Å². The van der Waals surface area contributed by atoms with Crippen LogP contribution < -0.4 is 10.2 Å². The van der Waals surface area contributed by atoms with Crippen LogP contribution >= 0.6 is 0 Å². The van der Waals surface area contributed by atoms with Gasteiger partial charge in [-0.25, -0.2) is 9.97 Å². The molecule has 0 radical (unpaired) electrons. The highest BCUT2D eigenvalue weighted by Gasteiger charge is 2.25. The van der Waals surface area contributed by atoms with E-state index < -0.39 is 0 Å². The average Bonchev–Trinajstić information content (AvgIpc) is 3.12. The summed E-state index contributed by atoms with van der Waals surface area (Å²) in [7, 11) is 3.75. The van der Waals surface area contributed by atoms with Crippen LogP contribution in [0.5, 0.6) is 0 Å². The normalized spacial score (nSPS) is 14.7. The third-order valence-electron chi connectivity index (χ3n) is 2.87. The number of nitrogens with zero attached hydrogens (tertiary/aromatic N) is 3. The standard InChI is InChI=1S/C13H20N4O/c1-8(2)10-7-11(12(18)14-9-5-6-9)16-13(15-10)17(3)4/h7-9H,5-6H2,1-4H3,(H,14,18). The van der Waals surface area contributed by atoms with Crippen LogP contribution in [0.2, 0.25) is 0 Å². The highest BCUT2D eigenvalue weighted by atomic mass is 16.2. The predicted octanol–water partition coefficient (Wildman–Crippen LogP) is 1.56. The minimum absolute atomic E-state index is 0.0927. The van der Waals surface area contributed by atoms with E-state index >= 15 is 0 Å². The summed E-state index contributed by atoms with van der Waals surface area (Å²) >= 11 is 0. The zero-order valence-electron chi connectivity index (χ0n) is 11.4. The van der Waals surface area contributed by atoms with Crippen molar-refractivity contribution in [2.75, 3.05) is 19.0 Å². The van der Waals surface area contributed by atoms with Crippen LogP contribution in [0.4, 0.5) is 5.95 Å². The zero-order chi connectivity index (χ0) is 13.3. The lowest BCUT2D eigenvalue weighted by molar-refractivity contribution is 0.0946. The topological polar surface area (TPSA) is 58.1 Å². The number of carbonyl (C=O) groups is 1. The summed E-state index contributed by atoms with van der Waals surface area (Å²) in [6.45, 7) is 4.12. The average molecular weight is 248 g/mol. The molecule has 0 spiro atoms. The van der Waals surface area contributed by atoms with Gasteiger partial charge in [0.1, 0.15) is 5.69 Å². The lowest BCUT2D eigenvalue weighted by Crippen LogP contribution is -2.27. The monoisotopic (exact) mass is 248 g/mol. The van der Waals surface area contributed by atoms with Crippen molar-refractivity contribution in [1.82, 2.24) is 15.3 Å². The second-order valence-electron chi connectivity index (χ2n) is 5.27. The Morgan fingerprint density at radius 2 is 2.06 bits per heavy atom. The molecule has 98 valence electrons. The Balaban J connectivity index is 2.29. The quantitative estimate of drug-likeness (QED) is 0.878. The molecule has 1 aromatic heterocycles. The number of nitrogens with one attached hydrogen (secondary N) is 1. The largest absolute Gasteiger partial charge is 0.348 e. The Morgan fingerprint density at radius 1 is 1.39 bits per heavy atom. The van der Waals surface area contributed by atoms with Crippen molar-refractivity contribution in [1.29, 1.82) is 0 Å². The van der Waals surface area contributed by atoms with E-state index in [9.17, 15) is 4.79 Å². The predicted molar refractivity (Wildman–Crippen MR) is 70.9 cm³/mol. The summed E-state index contributed by atoms with van der Waals surface area (Å²) in [5.41, 5.74) is 1.36. The molecule has 1 amide bonds. The molecule has 1 aliphatic rings. The van der Waals surface area contributed by atoms with Gasteiger partial charge in [0.05, 0.1) is 0 Å². The van der Waals surface area contributed by atoms with E-state index in [1.807, 2.05) is 19.0 Å². The van der Waals surface area contributed by atoms with E-state index in [1.165, 1.54) is 0 Å². The molecule has 0 saturated heterocycles. The molecule has 2 rings (SSSR count). The number of anilines is 1. The van der Waals surface area contributed by atoms with E-state index in [2.05, 4.69) is 29.1 Å². The number of amides is 1. The number of aromatic nitrogens is 2. The summed E-state index contributed by atoms with van der Waals surface area (Å²) in [5, 5.41) is 2.95. The molecule has 0 aliphatic heterocycles. The SMILES string of the molecule is CC(C)c1cc(C(=O)NC2CC2)nc(N(C)C)n1. The molecule has 0 atom stereocenters. The fourth-order valence-electron chi connectivity index (χ4n) is 1.55. The molecule has 0 aromatic carbocycles. The van der Waals surface area contributed by atoms with Gasteiger partial charge in [-0.15, -0.1) is 0 Å². The molecule has 1 fully saturated rings. The van der Waals surface area contributed by atoms with Gasteiger partial charge < -0.3 is 10.2 Å². The first-order valence-corrected chi connectivity index (χ1v) is 6.34. The van der Waals surface area contributed by atoms with Gasteiger partial charge >= 0.3 is 0 Å². The zero-order valence-corrected chi connectivity index (χ0v) is 11.4. The minimum Gasteiger partial charge on any atom is -0.348 e. The Hall–Kier alpha value is -1.65. The summed E-state index contributed by atoms with van der Waals surface area (Å²) < 4.78 is 0. The maximum atomic E-state index is 12.0. The van der Waals surface area contributed by atoms with Gasteiger partial charge in [0.2, 0.25) is 5.95 Å². The molecule has 0 bridgehead atoms. The van der Waals surface area contributed by atoms with E-state index in [1.54, 1.807) is 6.07 Å². The molecule has 1 aromatic rings. The van der Waals surface area contributed by atoms with Gasteiger partial charge in [-0.05, 0) is 24.8 Å². The fourth-order valence-corrected chi connectivity index (χ4v) is 1.55. The van der Waals surface area contributed by atoms with Crippen molar-refractivity contribution in [3.05, 3.63) is 17.5 Å². The summed E-state index contributed by atoms with van der Waals surface area (Å²) in [6.07, 6.45) is 2.16. The first-order valence-electron chi connectivity index (χ1n) is 6.34. The maximum absolute atomic E-state index is 12.0. The maximum Gasteiger partial charge on any atom is 0.270 e. The van der Waals surface area contributed by atoms with Gasteiger partial charge in [-0.3, -0.25) is 4.79 Å². The van der Waals surface area contributed by atoms with Crippen LogP contribution in [0.15, 0.2) is 6.07 Å². The summed E-state index contributed by atoms with van der Waals surface area (Å²) in [5.74, 6) is 0.770. The van der Waals surface area contributed by atoms with Crippen LogP contribution in [-0.4, -0.2) is 36.0 Å². The third-order valence-corrected chi connectivity index (χ3v) is 2.87. The van der Waals surface area contributed by atoms with Gasteiger partial charge in [0.25, 0.3) is 5.91 Å². The van der Waals surface area contributed by atoms with Crippen molar-refractivity contribution < 1.29 is 4.79 Å². The van der Waals surface area contributed by atoms with Crippen molar-refractivity contribution in [3.8, 4) is 0 Å². The Kier molecular flexibility index (Phi) is 3.50. The lowest BCUT2D eigenvalue weighted by atomic mass is 10.1. The van der Waals surface area contributed by atoms with Crippen LogP contribution in [0.3, 0.4) is 0 Å². The molecule has 1 saturated carbocycles. The molecule has 1 N–H and O–H groups in total. The third kappa shape index (κ3) is 2.97. The van der Waals surface area contributed by atoms with E-state index in [0.29, 0.717) is 17.7 Å². The highest BCUT2D eigenvalue weighted by Crippen LogP contribution is 2.20. The van der Waals surface area contributed by atoms with Crippen molar-refractivity contribution in [2.24, 2.45) is 0 Å². The Bertz CT molecular complexity index is 426. The molecule has 5 nitrogen and oxygen atoms in total. The first-order chi connectivity index (χ1) is 8.47.